The number of ether oxygens (including phenoxy) is 4. The van der Waals surface area contributed by atoms with Crippen LogP contribution in [-0.2, 0) is 18.9 Å². The number of rotatable bonds is 10. The molecule has 55 heavy (non-hydrogen) atoms. The van der Waals surface area contributed by atoms with E-state index in [1.165, 1.54) is 12.5 Å². The molecule has 21 atom stereocenters. The van der Waals surface area contributed by atoms with Gasteiger partial charge in [0.05, 0.1) is 36.6 Å². The molecule has 0 radical (unpaired) electrons. The third-order valence-corrected chi connectivity index (χ3v) is 16.2. The lowest BCUT2D eigenvalue weighted by Crippen LogP contribution is -2.68. The van der Waals surface area contributed by atoms with Crippen LogP contribution in [-0.4, -0.2) is 138 Å². The molecule has 13 nitrogen and oxygen atoms in total. The van der Waals surface area contributed by atoms with Crippen molar-refractivity contribution in [2.45, 2.75) is 199 Å². The van der Waals surface area contributed by atoms with E-state index in [4.69, 9.17) is 18.9 Å². The van der Waals surface area contributed by atoms with E-state index in [2.05, 4.69) is 33.8 Å². The van der Waals surface area contributed by atoms with Gasteiger partial charge in [0, 0.05) is 0 Å². The smallest absolute Gasteiger partial charge is 0.187 e. The summed E-state index contributed by atoms with van der Waals surface area (Å²) in [4.78, 5) is 0. The van der Waals surface area contributed by atoms with Gasteiger partial charge >= 0.3 is 0 Å². The van der Waals surface area contributed by atoms with Gasteiger partial charge in [-0.05, 0) is 124 Å². The molecule has 4 saturated carbocycles. The lowest BCUT2D eigenvalue weighted by Gasteiger charge is -2.68. The standard InChI is InChI=1S/C42H72O13/c1-9-20(2)11-10-14-42(8,51)22-12-15-40(6)24-18-26(36-39(4,5)28(45)13-16-41(36,7)23(24)17-25(44)29(22)40)53-38-35(33(49)31(47)27(19-43)54-38)55-37-34(50)32(48)30(46)21(3)52-37/h11,21-38,43-51H,9-10,12-19H2,1-8H3. The van der Waals surface area contributed by atoms with Crippen LogP contribution < -0.4 is 0 Å². The summed E-state index contributed by atoms with van der Waals surface area (Å²) in [7, 11) is 0. The van der Waals surface area contributed by atoms with Crippen molar-refractivity contribution in [2.24, 2.45) is 45.8 Å². The van der Waals surface area contributed by atoms with E-state index in [0.29, 0.717) is 32.1 Å². The van der Waals surface area contributed by atoms with Crippen LogP contribution in [0.2, 0.25) is 0 Å². The van der Waals surface area contributed by atoms with Crippen molar-refractivity contribution in [3.05, 3.63) is 11.6 Å². The van der Waals surface area contributed by atoms with Gasteiger partial charge in [0.1, 0.15) is 42.7 Å². The average molecular weight is 785 g/mol. The lowest BCUT2D eigenvalue weighted by molar-refractivity contribution is -0.379. The Kier molecular flexibility index (Phi) is 12.7. The van der Waals surface area contributed by atoms with Gasteiger partial charge in [0.2, 0.25) is 0 Å². The van der Waals surface area contributed by atoms with Gasteiger partial charge in [0.15, 0.2) is 12.6 Å². The Morgan fingerprint density at radius 3 is 2.13 bits per heavy atom. The minimum absolute atomic E-state index is 0.0642. The number of aliphatic hydroxyl groups is 9. The van der Waals surface area contributed by atoms with E-state index in [1.807, 2.05) is 20.8 Å². The van der Waals surface area contributed by atoms with Gasteiger partial charge in [0.25, 0.3) is 0 Å². The Morgan fingerprint density at radius 2 is 1.47 bits per heavy atom. The van der Waals surface area contributed by atoms with Crippen LogP contribution in [0.1, 0.15) is 113 Å². The van der Waals surface area contributed by atoms with E-state index in [1.54, 1.807) is 0 Å². The molecule has 4 aliphatic carbocycles. The van der Waals surface area contributed by atoms with Crippen LogP contribution in [0.15, 0.2) is 11.6 Å². The van der Waals surface area contributed by atoms with Gasteiger partial charge in [-0.2, -0.15) is 0 Å². The van der Waals surface area contributed by atoms with Crippen LogP contribution in [0.25, 0.3) is 0 Å². The molecule has 0 bridgehead atoms. The molecule has 6 rings (SSSR count). The second-order valence-electron chi connectivity index (χ2n) is 19.8. The second kappa shape index (κ2) is 16.0. The third-order valence-electron chi connectivity index (χ3n) is 16.2. The SMILES string of the molecule is CCC(C)=CCCC(C)(O)C1CCC2(C)C3CC(OC4OC(CO)C(O)C(O)C4OC4OC(C)C(O)C(O)C4O)C4C(C)(C)C(O)CCC4(C)C3CC(O)C12. The highest BCUT2D eigenvalue weighted by atomic mass is 16.8. The van der Waals surface area contributed by atoms with Gasteiger partial charge in [-0.15, -0.1) is 0 Å². The molecule has 21 unspecified atom stereocenters. The lowest BCUT2D eigenvalue weighted by atomic mass is 9.39. The zero-order valence-corrected chi connectivity index (χ0v) is 34.2. The molecule has 0 spiro atoms. The van der Waals surface area contributed by atoms with Crippen molar-refractivity contribution in [1.82, 2.24) is 0 Å². The summed E-state index contributed by atoms with van der Waals surface area (Å²) < 4.78 is 25.0. The first-order valence-corrected chi connectivity index (χ1v) is 21.0. The third kappa shape index (κ3) is 7.52. The topological polar surface area (TPSA) is 219 Å². The number of fused-ring (bicyclic) bond motifs is 5. The van der Waals surface area contributed by atoms with E-state index in [9.17, 15) is 46.0 Å². The first kappa shape index (κ1) is 43.8. The molecule has 13 heteroatoms. The molecule has 9 N–H and O–H groups in total. The zero-order chi connectivity index (χ0) is 40.6. The fraction of sp³-hybridized carbons (Fsp3) is 0.952. The molecule has 0 aromatic heterocycles. The first-order chi connectivity index (χ1) is 25.6. The minimum atomic E-state index is -1.69. The van der Waals surface area contributed by atoms with Crippen molar-refractivity contribution in [1.29, 1.82) is 0 Å². The Morgan fingerprint density at radius 1 is 0.818 bits per heavy atom. The summed E-state index contributed by atoms with van der Waals surface area (Å²) in [5.74, 6) is -0.335. The fourth-order valence-electron chi connectivity index (χ4n) is 12.9. The molecular weight excluding hydrogens is 712 g/mol. The number of hydrogen-bond donors (Lipinski definition) is 9. The first-order valence-electron chi connectivity index (χ1n) is 21.0. The van der Waals surface area contributed by atoms with Crippen molar-refractivity contribution in [2.75, 3.05) is 6.61 Å². The highest BCUT2D eigenvalue weighted by molar-refractivity contribution is 5.18. The molecule has 2 aliphatic heterocycles. The summed E-state index contributed by atoms with van der Waals surface area (Å²) in [6, 6.07) is 0. The average Bonchev–Trinajstić information content (AvgIpc) is 3.51. The summed E-state index contributed by atoms with van der Waals surface area (Å²) in [5, 5.41) is 100. The van der Waals surface area contributed by atoms with Crippen LogP contribution in [0.4, 0.5) is 0 Å². The molecule has 2 saturated heterocycles. The Hall–Kier alpha value is -0.780. The summed E-state index contributed by atoms with van der Waals surface area (Å²) in [5.41, 5.74) is -1.07. The molecule has 318 valence electrons. The predicted octanol–water partition coefficient (Wildman–Crippen LogP) is 2.15. The summed E-state index contributed by atoms with van der Waals surface area (Å²) in [6.07, 6.45) is -7.68. The van der Waals surface area contributed by atoms with Crippen molar-refractivity contribution in [3.8, 4) is 0 Å². The predicted molar refractivity (Wildman–Crippen MR) is 201 cm³/mol. The van der Waals surface area contributed by atoms with E-state index in [-0.39, 0.29) is 35.0 Å². The van der Waals surface area contributed by atoms with Crippen LogP contribution >= 0.6 is 0 Å². The Labute approximate surface area is 327 Å². The summed E-state index contributed by atoms with van der Waals surface area (Å²) >= 11 is 0. The molecule has 0 aromatic rings. The van der Waals surface area contributed by atoms with Gasteiger partial charge in [-0.25, -0.2) is 0 Å². The van der Waals surface area contributed by atoms with Gasteiger partial charge in [-0.3, -0.25) is 0 Å². The molecule has 6 aliphatic rings. The van der Waals surface area contributed by atoms with Crippen LogP contribution in [0.3, 0.4) is 0 Å². The highest BCUT2D eigenvalue weighted by Crippen LogP contribution is 2.71. The molecule has 0 aromatic carbocycles. The number of hydrogen-bond acceptors (Lipinski definition) is 13. The fourth-order valence-corrected chi connectivity index (χ4v) is 12.9. The van der Waals surface area contributed by atoms with Crippen LogP contribution in [0.5, 0.6) is 0 Å². The maximum Gasteiger partial charge on any atom is 0.187 e. The maximum atomic E-state index is 12.2. The second-order valence-corrected chi connectivity index (χ2v) is 19.8. The van der Waals surface area contributed by atoms with Crippen LogP contribution in [0, 0.1) is 45.8 Å². The largest absolute Gasteiger partial charge is 0.394 e. The molecular formula is C42H72O13. The zero-order valence-electron chi connectivity index (χ0n) is 34.2. The maximum absolute atomic E-state index is 12.2. The van der Waals surface area contributed by atoms with E-state index in [0.717, 1.165) is 25.7 Å². The quantitative estimate of drug-likeness (QED) is 0.115. The normalized spacial score (nSPS) is 52.5. The monoisotopic (exact) mass is 784 g/mol. The van der Waals surface area contributed by atoms with Gasteiger partial charge < -0.3 is 64.9 Å². The Bertz CT molecular complexity index is 1360. The Balaban J connectivity index is 1.34. The van der Waals surface area contributed by atoms with E-state index < -0.39 is 103 Å². The van der Waals surface area contributed by atoms with E-state index >= 15 is 0 Å². The summed E-state index contributed by atoms with van der Waals surface area (Å²) in [6.45, 7) is 15.7. The molecule has 0 amide bonds. The van der Waals surface area contributed by atoms with Crippen molar-refractivity contribution in [3.63, 3.8) is 0 Å². The number of aliphatic hydroxyl groups excluding tert-OH is 8. The molecule has 6 fully saturated rings. The van der Waals surface area contributed by atoms with Gasteiger partial charge in [-0.1, -0.05) is 46.3 Å². The van der Waals surface area contributed by atoms with Crippen molar-refractivity contribution < 1.29 is 64.9 Å². The van der Waals surface area contributed by atoms with Crippen molar-refractivity contribution >= 4 is 0 Å². The number of allylic oxidation sites excluding steroid dienone is 2. The minimum Gasteiger partial charge on any atom is -0.394 e. The highest BCUT2D eigenvalue weighted by Gasteiger charge is 2.69. The molecule has 2 heterocycles.